The number of benzene rings is 1. The summed E-state index contributed by atoms with van der Waals surface area (Å²) in [4.78, 5) is 1.13. The maximum absolute atomic E-state index is 10.1. The van der Waals surface area contributed by atoms with Crippen molar-refractivity contribution in [1.82, 2.24) is 0 Å². The van der Waals surface area contributed by atoms with Crippen molar-refractivity contribution in [2.45, 2.75) is 10.5 Å². The van der Waals surface area contributed by atoms with Crippen LogP contribution in [0.5, 0.6) is 0 Å². The van der Waals surface area contributed by atoms with Crippen LogP contribution in [0.15, 0.2) is 29.2 Å². The van der Waals surface area contributed by atoms with Gasteiger partial charge in [0, 0.05) is 10.5 Å². The first-order chi connectivity index (χ1) is 6.26. The van der Waals surface area contributed by atoms with Crippen LogP contribution in [0.4, 0.5) is 0 Å². The van der Waals surface area contributed by atoms with E-state index in [9.17, 15) is 5.11 Å². The summed E-state index contributed by atoms with van der Waals surface area (Å²) >= 11 is 1.66. The smallest absolute Gasteiger partial charge is 0.137 e. The highest BCUT2D eigenvalue weighted by molar-refractivity contribution is 7.98. The molecule has 0 bridgehead atoms. The SMILES string of the molecule is CSc1ccccc1C1(O)COC1. The number of rotatable bonds is 2. The maximum atomic E-state index is 10.1. The molecule has 1 saturated heterocycles. The van der Waals surface area contributed by atoms with Crippen LogP contribution in [0.25, 0.3) is 0 Å². The lowest BCUT2D eigenvalue weighted by atomic mass is 9.92. The van der Waals surface area contributed by atoms with Gasteiger partial charge in [0.25, 0.3) is 0 Å². The first-order valence-corrected chi connectivity index (χ1v) is 5.42. The second-order valence-electron chi connectivity index (χ2n) is 3.22. The fraction of sp³-hybridized carbons (Fsp3) is 0.400. The predicted octanol–water partition coefficient (Wildman–Crippen LogP) is 1.63. The van der Waals surface area contributed by atoms with Crippen molar-refractivity contribution in [2.24, 2.45) is 0 Å². The maximum Gasteiger partial charge on any atom is 0.137 e. The van der Waals surface area contributed by atoms with Crippen LogP contribution in [0.3, 0.4) is 0 Å². The molecule has 0 atom stereocenters. The molecule has 70 valence electrons. The minimum Gasteiger partial charge on any atom is -0.380 e. The highest BCUT2D eigenvalue weighted by Gasteiger charge is 2.39. The lowest BCUT2D eigenvalue weighted by Gasteiger charge is -2.37. The Morgan fingerprint density at radius 1 is 1.38 bits per heavy atom. The molecule has 1 aromatic carbocycles. The third-order valence-corrected chi connectivity index (χ3v) is 3.09. The van der Waals surface area contributed by atoms with E-state index in [0.717, 1.165) is 10.5 Å². The van der Waals surface area contributed by atoms with Crippen LogP contribution in [-0.4, -0.2) is 24.6 Å². The molecule has 0 amide bonds. The van der Waals surface area contributed by atoms with E-state index < -0.39 is 5.60 Å². The summed E-state index contributed by atoms with van der Waals surface area (Å²) in [7, 11) is 0. The lowest BCUT2D eigenvalue weighted by Crippen LogP contribution is -2.46. The monoisotopic (exact) mass is 196 g/mol. The summed E-state index contributed by atoms with van der Waals surface area (Å²) in [5.41, 5.74) is 0.258. The Morgan fingerprint density at radius 2 is 2.08 bits per heavy atom. The first kappa shape index (κ1) is 9.06. The van der Waals surface area contributed by atoms with Crippen molar-refractivity contribution < 1.29 is 9.84 Å². The molecule has 1 aliphatic heterocycles. The van der Waals surface area contributed by atoms with Gasteiger partial charge in [0.2, 0.25) is 0 Å². The van der Waals surface area contributed by atoms with Gasteiger partial charge in [0.05, 0.1) is 13.2 Å². The summed E-state index contributed by atoms with van der Waals surface area (Å²) in [6.07, 6.45) is 2.02. The van der Waals surface area contributed by atoms with Gasteiger partial charge >= 0.3 is 0 Å². The second-order valence-corrected chi connectivity index (χ2v) is 4.07. The van der Waals surface area contributed by atoms with E-state index in [4.69, 9.17) is 4.74 Å². The second kappa shape index (κ2) is 3.33. The van der Waals surface area contributed by atoms with Gasteiger partial charge in [-0.05, 0) is 12.3 Å². The lowest BCUT2D eigenvalue weighted by molar-refractivity contribution is -0.186. The zero-order valence-corrected chi connectivity index (χ0v) is 8.30. The molecule has 2 rings (SSSR count). The Hall–Kier alpha value is -0.510. The topological polar surface area (TPSA) is 29.5 Å². The van der Waals surface area contributed by atoms with Crippen molar-refractivity contribution in [1.29, 1.82) is 0 Å². The third-order valence-electron chi connectivity index (χ3n) is 2.29. The van der Waals surface area contributed by atoms with Crippen LogP contribution in [0.1, 0.15) is 5.56 Å². The fourth-order valence-electron chi connectivity index (χ4n) is 1.48. The molecule has 0 aromatic heterocycles. The molecule has 1 aliphatic rings. The van der Waals surface area contributed by atoms with E-state index in [1.807, 2.05) is 30.5 Å². The zero-order chi connectivity index (χ0) is 9.31. The molecule has 13 heavy (non-hydrogen) atoms. The number of hydrogen-bond acceptors (Lipinski definition) is 3. The van der Waals surface area contributed by atoms with Crippen molar-refractivity contribution >= 4 is 11.8 Å². The molecule has 0 radical (unpaired) electrons. The standard InChI is InChI=1S/C10H12O2S/c1-13-9-5-3-2-4-8(9)10(11)6-12-7-10/h2-5,11H,6-7H2,1H3. The Labute approximate surface area is 81.9 Å². The van der Waals surface area contributed by atoms with E-state index >= 15 is 0 Å². The highest BCUT2D eigenvalue weighted by Crippen LogP contribution is 2.35. The van der Waals surface area contributed by atoms with Gasteiger partial charge in [-0.25, -0.2) is 0 Å². The van der Waals surface area contributed by atoms with Gasteiger partial charge < -0.3 is 9.84 Å². The van der Waals surface area contributed by atoms with Gasteiger partial charge in [0.1, 0.15) is 5.60 Å². The van der Waals surface area contributed by atoms with E-state index in [2.05, 4.69) is 0 Å². The van der Waals surface area contributed by atoms with Gasteiger partial charge in [0.15, 0.2) is 0 Å². The Bertz CT molecular complexity index is 308. The third kappa shape index (κ3) is 1.47. The van der Waals surface area contributed by atoms with Crippen molar-refractivity contribution in [3.63, 3.8) is 0 Å². The normalized spacial score (nSPS) is 19.5. The van der Waals surface area contributed by atoms with Crippen molar-refractivity contribution in [2.75, 3.05) is 19.5 Å². The number of ether oxygens (including phenoxy) is 1. The molecule has 3 heteroatoms. The Morgan fingerprint density at radius 3 is 2.62 bits per heavy atom. The summed E-state index contributed by atoms with van der Waals surface area (Å²) in [5.74, 6) is 0. The van der Waals surface area contributed by atoms with E-state index in [-0.39, 0.29) is 0 Å². The molecule has 1 N–H and O–H groups in total. The summed E-state index contributed by atoms with van der Waals surface area (Å²) in [5, 5.41) is 10.1. The molecule has 2 nitrogen and oxygen atoms in total. The number of hydrogen-bond donors (Lipinski definition) is 1. The van der Waals surface area contributed by atoms with E-state index in [1.165, 1.54) is 0 Å². The van der Waals surface area contributed by atoms with Crippen molar-refractivity contribution in [3.05, 3.63) is 29.8 Å². The fourth-order valence-corrected chi connectivity index (χ4v) is 2.17. The molecular formula is C10H12O2S. The zero-order valence-electron chi connectivity index (χ0n) is 7.49. The molecule has 0 saturated carbocycles. The number of aliphatic hydroxyl groups is 1. The van der Waals surface area contributed by atoms with Crippen LogP contribution in [0, 0.1) is 0 Å². The van der Waals surface area contributed by atoms with Gasteiger partial charge in [-0.15, -0.1) is 11.8 Å². The minimum absolute atomic E-state index is 0.421. The minimum atomic E-state index is -0.737. The van der Waals surface area contributed by atoms with Crippen LogP contribution >= 0.6 is 11.8 Å². The molecule has 1 aromatic rings. The van der Waals surface area contributed by atoms with Gasteiger partial charge in [-0.2, -0.15) is 0 Å². The summed E-state index contributed by atoms with van der Waals surface area (Å²) < 4.78 is 5.03. The summed E-state index contributed by atoms with van der Waals surface area (Å²) in [6, 6.07) is 7.92. The molecule has 1 fully saturated rings. The van der Waals surface area contributed by atoms with Gasteiger partial charge in [-0.1, -0.05) is 18.2 Å². The largest absolute Gasteiger partial charge is 0.380 e. The average molecular weight is 196 g/mol. The van der Waals surface area contributed by atoms with Crippen LogP contribution in [0.2, 0.25) is 0 Å². The predicted molar refractivity (Wildman–Crippen MR) is 52.9 cm³/mol. The van der Waals surface area contributed by atoms with E-state index in [1.54, 1.807) is 11.8 Å². The van der Waals surface area contributed by atoms with Gasteiger partial charge in [-0.3, -0.25) is 0 Å². The Balaban J connectivity index is 2.38. The summed E-state index contributed by atoms with van der Waals surface area (Å²) in [6.45, 7) is 0.842. The number of thioether (sulfide) groups is 1. The average Bonchev–Trinajstić information content (AvgIpc) is 2.14. The van der Waals surface area contributed by atoms with E-state index in [0.29, 0.717) is 13.2 Å². The first-order valence-electron chi connectivity index (χ1n) is 4.20. The highest BCUT2D eigenvalue weighted by atomic mass is 32.2. The molecule has 0 spiro atoms. The van der Waals surface area contributed by atoms with Crippen LogP contribution < -0.4 is 0 Å². The van der Waals surface area contributed by atoms with Crippen molar-refractivity contribution in [3.8, 4) is 0 Å². The quantitative estimate of drug-likeness (QED) is 0.729. The Kier molecular flexibility index (Phi) is 2.32. The molecule has 1 heterocycles. The van der Waals surface area contributed by atoms with Crippen LogP contribution in [-0.2, 0) is 10.3 Å². The molecular weight excluding hydrogens is 184 g/mol. The molecule has 0 aliphatic carbocycles. The molecule has 0 unspecified atom stereocenters.